The van der Waals surface area contributed by atoms with Crippen LogP contribution >= 0.6 is 0 Å². The summed E-state index contributed by atoms with van der Waals surface area (Å²) in [6.45, 7) is 7.92. The van der Waals surface area contributed by atoms with Crippen molar-refractivity contribution in [2.24, 2.45) is 0 Å². The highest BCUT2D eigenvalue weighted by atomic mass is 16.6. The van der Waals surface area contributed by atoms with Crippen molar-refractivity contribution >= 4 is 11.9 Å². The van der Waals surface area contributed by atoms with E-state index in [4.69, 9.17) is 14.2 Å². The summed E-state index contributed by atoms with van der Waals surface area (Å²) in [5, 5.41) is 0. The van der Waals surface area contributed by atoms with E-state index in [1.165, 1.54) is 263 Å². The number of ether oxygens (including phenoxy) is 3. The Hall–Kier alpha value is -1.10. The molecule has 1 atom stereocenters. The Kier molecular flexibility index (Phi) is 53.3. The first-order valence-corrected chi connectivity index (χ1v) is 28.6. The zero-order valence-corrected chi connectivity index (χ0v) is 42.7. The normalized spacial score (nSPS) is 12.0. The monoisotopic (exact) mass is 877 g/mol. The largest absolute Gasteiger partial charge is 0.462 e. The highest BCUT2D eigenvalue weighted by molar-refractivity contribution is 5.70. The molecule has 0 aliphatic carbocycles. The summed E-state index contributed by atoms with van der Waals surface area (Å²) in [6.07, 6.45) is 61.2. The van der Waals surface area contributed by atoms with Gasteiger partial charge in [0.2, 0.25) is 0 Å². The van der Waals surface area contributed by atoms with Crippen LogP contribution in [0.1, 0.15) is 329 Å². The third kappa shape index (κ3) is 51.5. The van der Waals surface area contributed by atoms with E-state index in [1.807, 2.05) is 0 Å². The van der Waals surface area contributed by atoms with Crippen LogP contribution in [0.4, 0.5) is 0 Å². The molecule has 0 aromatic heterocycles. The van der Waals surface area contributed by atoms with Gasteiger partial charge in [0.1, 0.15) is 6.61 Å². The van der Waals surface area contributed by atoms with Gasteiger partial charge >= 0.3 is 11.9 Å². The zero-order chi connectivity index (χ0) is 44.9. The number of carbonyl (C=O) groups excluding carboxylic acids is 2. The van der Waals surface area contributed by atoms with Gasteiger partial charge in [0.15, 0.2) is 6.10 Å². The van der Waals surface area contributed by atoms with Crippen molar-refractivity contribution in [1.29, 1.82) is 0 Å². The van der Waals surface area contributed by atoms with Gasteiger partial charge in [-0.1, -0.05) is 297 Å². The lowest BCUT2D eigenvalue weighted by atomic mass is 10.0. The van der Waals surface area contributed by atoms with Gasteiger partial charge < -0.3 is 14.2 Å². The molecule has 0 spiro atoms. The van der Waals surface area contributed by atoms with Crippen LogP contribution in [-0.4, -0.2) is 37.9 Å². The maximum absolute atomic E-state index is 12.8. The third-order valence-electron chi connectivity index (χ3n) is 13.1. The molecule has 0 heterocycles. The molecule has 370 valence electrons. The summed E-state index contributed by atoms with van der Waals surface area (Å²) in [5.41, 5.74) is 0. The van der Waals surface area contributed by atoms with E-state index in [2.05, 4.69) is 20.8 Å². The fourth-order valence-electron chi connectivity index (χ4n) is 8.87. The summed E-state index contributed by atoms with van der Waals surface area (Å²) >= 11 is 0. The number of esters is 2. The smallest absolute Gasteiger partial charge is 0.306 e. The van der Waals surface area contributed by atoms with Crippen LogP contribution in [0.5, 0.6) is 0 Å². The Morgan fingerprint density at radius 3 is 0.823 bits per heavy atom. The highest BCUT2D eigenvalue weighted by Crippen LogP contribution is 2.17. The maximum atomic E-state index is 12.8. The predicted molar refractivity (Wildman–Crippen MR) is 270 cm³/mol. The molecule has 0 bridgehead atoms. The fraction of sp³-hybridized carbons (Fsp3) is 0.965. The van der Waals surface area contributed by atoms with Crippen molar-refractivity contribution in [2.45, 2.75) is 335 Å². The average molecular weight is 878 g/mol. The Labute approximate surface area is 389 Å². The fourth-order valence-corrected chi connectivity index (χ4v) is 8.87. The van der Waals surface area contributed by atoms with Crippen molar-refractivity contribution in [3.05, 3.63) is 0 Å². The summed E-state index contributed by atoms with van der Waals surface area (Å²) < 4.78 is 17.5. The molecule has 0 radical (unpaired) electrons. The van der Waals surface area contributed by atoms with Crippen LogP contribution in [0.15, 0.2) is 0 Å². The van der Waals surface area contributed by atoms with Gasteiger partial charge in [-0.05, 0) is 19.3 Å². The predicted octanol–water partition coefficient (Wildman–Crippen LogP) is 19.2. The lowest BCUT2D eigenvalue weighted by Gasteiger charge is -2.18. The second-order valence-electron chi connectivity index (χ2n) is 19.6. The van der Waals surface area contributed by atoms with E-state index >= 15 is 0 Å². The standard InChI is InChI=1S/C57H112O5/c1-4-7-10-13-16-19-22-25-27-29-31-33-35-38-41-44-47-50-56(58)61-54-55(53-60-52-49-46-43-40-37-24-21-18-15-12-9-6-3)62-57(59)51-48-45-42-39-36-34-32-30-28-26-23-20-17-14-11-8-5-2/h55H,4-54H2,1-3H3. The molecule has 0 fully saturated rings. The molecule has 0 amide bonds. The lowest BCUT2D eigenvalue weighted by molar-refractivity contribution is -0.163. The van der Waals surface area contributed by atoms with Gasteiger partial charge in [0.25, 0.3) is 0 Å². The molecule has 0 N–H and O–H groups in total. The molecular formula is C57H112O5. The van der Waals surface area contributed by atoms with Crippen molar-refractivity contribution < 1.29 is 23.8 Å². The van der Waals surface area contributed by atoms with Crippen LogP contribution in [0.25, 0.3) is 0 Å². The first-order valence-electron chi connectivity index (χ1n) is 28.6. The average Bonchev–Trinajstić information content (AvgIpc) is 3.27. The molecular weight excluding hydrogens is 765 g/mol. The van der Waals surface area contributed by atoms with Crippen LogP contribution in [0, 0.1) is 0 Å². The minimum Gasteiger partial charge on any atom is -0.462 e. The van der Waals surface area contributed by atoms with Gasteiger partial charge in [-0.25, -0.2) is 0 Å². The van der Waals surface area contributed by atoms with E-state index < -0.39 is 6.10 Å². The number of unbranched alkanes of at least 4 members (excludes halogenated alkanes) is 43. The molecule has 0 aliphatic rings. The molecule has 5 heteroatoms. The lowest BCUT2D eigenvalue weighted by Crippen LogP contribution is -2.30. The molecule has 0 saturated carbocycles. The molecule has 0 aliphatic heterocycles. The summed E-state index contributed by atoms with van der Waals surface area (Å²) in [6, 6.07) is 0. The Balaban J connectivity index is 4.15. The summed E-state index contributed by atoms with van der Waals surface area (Å²) in [7, 11) is 0. The quantitative estimate of drug-likeness (QED) is 0.0450. The van der Waals surface area contributed by atoms with Crippen LogP contribution in [-0.2, 0) is 23.8 Å². The van der Waals surface area contributed by atoms with E-state index in [-0.39, 0.29) is 18.5 Å². The van der Waals surface area contributed by atoms with Gasteiger partial charge in [0.05, 0.1) is 6.61 Å². The number of hydrogen-bond donors (Lipinski definition) is 0. The van der Waals surface area contributed by atoms with Crippen LogP contribution < -0.4 is 0 Å². The Morgan fingerprint density at radius 1 is 0.290 bits per heavy atom. The second-order valence-corrected chi connectivity index (χ2v) is 19.6. The third-order valence-corrected chi connectivity index (χ3v) is 13.1. The van der Waals surface area contributed by atoms with E-state index in [0.29, 0.717) is 26.1 Å². The highest BCUT2D eigenvalue weighted by Gasteiger charge is 2.17. The second kappa shape index (κ2) is 54.2. The first-order chi connectivity index (χ1) is 30.6. The minimum atomic E-state index is -0.523. The first kappa shape index (κ1) is 60.9. The van der Waals surface area contributed by atoms with Gasteiger partial charge in [-0.3, -0.25) is 9.59 Å². The van der Waals surface area contributed by atoms with Crippen LogP contribution in [0.2, 0.25) is 0 Å². The van der Waals surface area contributed by atoms with E-state index in [9.17, 15) is 9.59 Å². The van der Waals surface area contributed by atoms with Gasteiger partial charge in [0, 0.05) is 19.4 Å². The van der Waals surface area contributed by atoms with Gasteiger partial charge in [-0.15, -0.1) is 0 Å². The Bertz CT molecular complexity index is 860. The summed E-state index contributed by atoms with van der Waals surface area (Å²) in [5.74, 6) is -0.365. The van der Waals surface area contributed by atoms with Crippen molar-refractivity contribution in [3.63, 3.8) is 0 Å². The topological polar surface area (TPSA) is 61.8 Å². The molecule has 62 heavy (non-hydrogen) atoms. The number of hydrogen-bond acceptors (Lipinski definition) is 5. The molecule has 5 nitrogen and oxygen atoms in total. The SMILES string of the molecule is CCCCCCCCCCCCCCCCCCCC(=O)OCC(COCCCCCCCCCCCCCC)OC(=O)CCCCCCCCCCCCCCCCCCC. The van der Waals surface area contributed by atoms with E-state index in [1.54, 1.807) is 0 Å². The minimum absolute atomic E-state index is 0.0982. The van der Waals surface area contributed by atoms with E-state index in [0.717, 1.165) is 32.1 Å². The van der Waals surface area contributed by atoms with Crippen molar-refractivity contribution in [3.8, 4) is 0 Å². The van der Waals surface area contributed by atoms with Crippen molar-refractivity contribution in [1.82, 2.24) is 0 Å². The maximum Gasteiger partial charge on any atom is 0.306 e. The van der Waals surface area contributed by atoms with Crippen LogP contribution in [0.3, 0.4) is 0 Å². The van der Waals surface area contributed by atoms with Gasteiger partial charge in [-0.2, -0.15) is 0 Å². The number of rotatable bonds is 54. The molecule has 0 rings (SSSR count). The zero-order valence-electron chi connectivity index (χ0n) is 42.7. The molecule has 0 aromatic rings. The molecule has 0 saturated heterocycles. The summed E-state index contributed by atoms with van der Waals surface area (Å²) in [4.78, 5) is 25.5. The number of carbonyl (C=O) groups is 2. The van der Waals surface area contributed by atoms with Crippen molar-refractivity contribution in [2.75, 3.05) is 19.8 Å². The Morgan fingerprint density at radius 2 is 0.532 bits per heavy atom. The molecule has 1 unspecified atom stereocenters. The molecule has 0 aromatic carbocycles.